The smallest absolute Gasteiger partial charge is 0.124 e. The quantitative estimate of drug-likeness (QED) is 0.643. The molecule has 3 nitrogen and oxygen atoms in total. The highest BCUT2D eigenvalue weighted by molar-refractivity contribution is 5.39. The van der Waals surface area contributed by atoms with Crippen molar-refractivity contribution >= 4 is 0 Å². The van der Waals surface area contributed by atoms with Crippen LogP contribution in [0.1, 0.15) is 56.7 Å². The summed E-state index contributed by atoms with van der Waals surface area (Å²) in [6.45, 7) is 8.45. The lowest BCUT2D eigenvalue weighted by atomic mass is 10.0. The van der Waals surface area contributed by atoms with Crippen molar-refractivity contribution < 1.29 is 9.84 Å². The minimum absolute atomic E-state index is 0.271. The van der Waals surface area contributed by atoms with Gasteiger partial charge in [-0.1, -0.05) is 19.1 Å². The van der Waals surface area contributed by atoms with Crippen LogP contribution >= 0.6 is 0 Å². The summed E-state index contributed by atoms with van der Waals surface area (Å²) in [7, 11) is 0. The van der Waals surface area contributed by atoms with Crippen LogP contribution in [0.25, 0.3) is 0 Å². The first-order valence-corrected chi connectivity index (χ1v) is 7.76. The zero-order chi connectivity index (χ0) is 14.8. The lowest BCUT2D eigenvalue weighted by molar-refractivity contribution is 0.264. The topological polar surface area (TPSA) is 41.5 Å². The minimum atomic E-state index is 0.271. The molecule has 1 rings (SSSR count). The average Bonchev–Trinajstić information content (AvgIpc) is 2.44. The fourth-order valence-corrected chi connectivity index (χ4v) is 2.17. The van der Waals surface area contributed by atoms with Crippen molar-refractivity contribution in [2.24, 2.45) is 0 Å². The van der Waals surface area contributed by atoms with E-state index in [2.05, 4.69) is 44.3 Å². The monoisotopic (exact) mass is 279 g/mol. The Balaban J connectivity index is 2.60. The summed E-state index contributed by atoms with van der Waals surface area (Å²) in [6.07, 6.45) is 4.00. The van der Waals surface area contributed by atoms with Gasteiger partial charge in [0.15, 0.2) is 0 Å². The lowest BCUT2D eigenvalue weighted by Crippen LogP contribution is -2.20. The molecule has 0 aromatic heterocycles. The number of nitrogens with one attached hydrogen (secondary N) is 1. The van der Waals surface area contributed by atoms with Gasteiger partial charge < -0.3 is 15.2 Å². The molecule has 1 aromatic carbocycles. The molecular formula is C17H29NO2. The van der Waals surface area contributed by atoms with E-state index in [1.807, 2.05) is 0 Å². The van der Waals surface area contributed by atoms with Crippen LogP contribution in [0.3, 0.4) is 0 Å². The predicted octanol–water partition coefficient (Wildman–Crippen LogP) is 3.60. The third-order valence-corrected chi connectivity index (χ3v) is 3.40. The maximum absolute atomic E-state index is 8.77. The molecule has 1 unspecified atom stereocenters. The highest BCUT2D eigenvalue weighted by Crippen LogP contribution is 2.26. The summed E-state index contributed by atoms with van der Waals surface area (Å²) in [5, 5.41) is 12.3. The van der Waals surface area contributed by atoms with Crippen LogP contribution in [-0.2, 0) is 0 Å². The van der Waals surface area contributed by atoms with Gasteiger partial charge in [0.05, 0.1) is 6.61 Å². The van der Waals surface area contributed by atoms with Gasteiger partial charge in [-0.3, -0.25) is 0 Å². The number of rotatable bonds is 10. The molecule has 0 aliphatic rings. The SMILES string of the molecule is CCCNC(C)c1ccc(C)cc1OCCCCCO. The van der Waals surface area contributed by atoms with Crippen LogP contribution < -0.4 is 10.1 Å². The molecule has 0 aliphatic carbocycles. The molecule has 0 fully saturated rings. The maximum atomic E-state index is 8.77. The minimum Gasteiger partial charge on any atom is -0.493 e. The average molecular weight is 279 g/mol. The zero-order valence-corrected chi connectivity index (χ0v) is 13.1. The van der Waals surface area contributed by atoms with E-state index in [-0.39, 0.29) is 6.61 Å². The Bertz CT molecular complexity index is 379. The zero-order valence-electron chi connectivity index (χ0n) is 13.1. The van der Waals surface area contributed by atoms with E-state index in [4.69, 9.17) is 9.84 Å². The number of ether oxygens (including phenoxy) is 1. The first-order valence-electron chi connectivity index (χ1n) is 7.76. The largest absolute Gasteiger partial charge is 0.493 e. The molecular weight excluding hydrogens is 250 g/mol. The van der Waals surface area contributed by atoms with Gasteiger partial charge in [0.2, 0.25) is 0 Å². The van der Waals surface area contributed by atoms with Crippen molar-refractivity contribution in [1.82, 2.24) is 5.32 Å². The Morgan fingerprint density at radius 1 is 1.25 bits per heavy atom. The van der Waals surface area contributed by atoms with Crippen molar-refractivity contribution in [3.63, 3.8) is 0 Å². The maximum Gasteiger partial charge on any atom is 0.124 e. The van der Waals surface area contributed by atoms with Crippen LogP contribution in [0.5, 0.6) is 5.75 Å². The Morgan fingerprint density at radius 3 is 2.75 bits per heavy atom. The highest BCUT2D eigenvalue weighted by Gasteiger charge is 2.11. The van der Waals surface area contributed by atoms with Crippen LogP contribution in [0, 0.1) is 6.92 Å². The van der Waals surface area contributed by atoms with E-state index in [0.29, 0.717) is 6.04 Å². The first kappa shape index (κ1) is 17.0. The molecule has 0 bridgehead atoms. The molecule has 0 spiro atoms. The third-order valence-electron chi connectivity index (χ3n) is 3.40. The van der Waals surface area contributed by atoms with Gasteiger partial charge in [0, 0.05) is 18.2 Å². The van der Waals surface area contributed by atoms with Gasteiger partial charge in [-0.25, -0.2) is 0 Å². The summed E-state index contributed by atoms with van der Waals surface area (Å²) in [5.41, 5.74) is 2.45. The number of aliphatic hydroxyl groups is 1. The summed E-state index contributed by atoms with van der Waals surface area (Å²) in [6, 6.07) is 6.72. The van der Waals surface area contributed by atoms with E-state index >= 15 is 0 Å². The van der Waals surface area contributed by atoms with E-state index < -0.39 is 0 Å². The van der Waals surface area contributed by atoms with Crippen LogP contribution in [0.4, 0.5) is 0 Å². The summed E-state index contributed by atoms with van der Waals surface area (Å²) in [5.74, 6) is 0.991. The van der Waals surface area contributed by atoms with E-state index in [9.17, 15) is 0 Å². The van der Waals surface area contributed by atoms with Crippen molar-refractivity contribution in [3.8, 4) is 5.75 Å². The second-order valence-electron chi connectivity index (χ2n) is 5.35. The second kappa shape index (κ2) is 9.78. The molecule has 20 heavy (non-hydrogen) atoms. The highest BCUT2D eigenvalue weighted by atomic mass is 16.5. The van der Waals surface area contributed by atoms with Crippen LogP contribution in [0.2, 0.25) is 0 Å². The predicted molar refractivity (Wildman–Crippen MR) is 84.3 cm³/mol. The van der Waals surface area contributed by atoms with E-state index in [1.54, 1.807) is 0 Å². The van der Waals surface area contributed by atoms with E-state index in [1.165, 1.54) is 11.1 Å². The number of unbranched alkanes of at least 4 members (excludes halogenated alkanes) is 2. The van der Waals surface area contributed by atoms with Crippen LogP contribution in [-0.4, -0.2) is 24.9 Å². The van der Waals surface area contributed by atoms with Crippen molar-refractivity contribution in [3.05, 3.63) is 29.3 Å². The van der Waals surface area contributed by atoms with Crippen molar-refractivity contribution in [2.75, 3.05) is 19.8 Å². The van der Waals surface area contributed by atoms with Crippen LogP contribution in [0.15, 0.2) is 18.2 Å². The molecule has 0 amide bonds. The molecule has 0 saturated carbocycles. The molecule has 1 aromatic rings. The molecule has 114 valence electrons. The van der Waals surface area contributed by atoms with Gasteiger partial charge in [-0.15, -0.1) is 0 Å². The van der Waals surface area contributed by atoms with Gasteiger partial charge in [-0.05, 0) is 57.7 Å². The standard InChI is InChI=1S/C17H29NO2/c1-4-10-18-15(3)16-9-8-14(2)13-17(16)20-12-7-5-6-11-19/h8-9,13,15,18-19H,4-7,10-12H2,1-3H3. The second-order valence-corrected chi connectivity index (χ2v) is 5.35. The number of hydrogen-bond acceptors (Lipinski definition) is 3. The summed E-state index contributed by atoms with van der Waals surface area (Å²) < 4.78 is 5.94. The molecule has 2 N–H and O–H groups in total. The van der Waals surface area contributed by atoms with Gasteiger partial charge in [-0.2, -0.15) is 0 Å². The number of hydrogen-bond donors (Lipinski definition) is 2. The third kappa shape index (κ3) is 5.93. The summed E-state index contributed by atoms with van der Waals surface area (Å²) in [4.78, 5) is 0. The van der Waals surface area contributed by atoms with E-state index in [0.717, 1.165) is 44.6 Å². The fraction of sp³-hybridized carbons (Fsp3) is 0.647. The number of aryl methyl sites for hydroxylation is 1. The van der Waals surface area contributed by atoms with Gasteiger partial charge >= 0.3 is 0 Å². The normalized spacial score (nSPS) is 12.4. The summed E-state index contributed by atoms with van der Waals surface area (Å²) >= 11 is 0. The Kier molecular flexibility index (Phi) is 8.31. The van der Waals surface area contributed by atoms with Crippen molar-refractivity contribution in [2.45, 2.75) is 52.5 Å². The molecule has 3 heteroatoms. The number of aliphatic hydroxyl groups excluding tert-OH is 1. The van der Waals surface area contributed by atoms with Gasteiger partial charge in [0.25, 0.3) is 0 Å². The van der Waals surface area contributed by atoms with Crippen molar-refractivity contribution in [1.29, 1.82) is 0 Å². The number of benzene rings is 1. The molecule has 0 saturated heterocycles. The first-order chi connectivity index (χ1) is 9.69. The Hall–Kier alpha value is -1.06. The molecule has 0 radical (unpaired) electrons. The van der Waals surface area contributed by atoms with Gasteiger partial charge in [0.1, 0.15) is 5.75 Å². The molecule has 1 atom stereocenters. The molecule has 0 heterocycles. The Labute approximate surface area is 123 Å². The fourth-order valence-electron chi connectivity index (χ4n) is 2.17. The Morgan fingerprint density at radius 2 is 2.05 bits per heavy atom. The lowest BCUT2D eigenvalue weighted by Gasteiger charge is -2.19. The molecule has 0 aliphatic heterocycles.